The number of amides is 1. The third-order valence-corrected chi connectivity index (χ3v) is 7.01. The van der Waals surface area contributed by atoms with Crippen molar-refractivity contribution in [3.63, 3.8) is 0 Å². The lowest BCUT2D eigenvalue weighted by Gasteiger charge is -2.41. The van der Waals surface area contributed by atoms with Crippen molar-refractivity contribution in [1.29, 1.82) is 0 Å². The molecule has 2 aromatic heterocycles. The quantitative estimate of drug-likeness (QED) is 0.247. The summed E-state index contributed by atoms with van der Waals surface area (Å²) in [6.07, 6.45) is -6.28. The predicted molar refractivity (Wildman–Crippen MR) is 128 cm³/mol. The molecule has 0 spiro atoms. The van der Waals surface area contributed by atoms with Crippen molar-refractivity contribution < 1.29 is 40.3 Å². The Morgan fingerprint density at radius 2 is 1.88 bits per heavy atom. The third-order valence-electron chi connectivity index (χ3n) is 7.01. The molecule has 5 rings (SSSR count). The zero-order valence-electron chi connectivity index (χ0n) is 21.3. The van der Waals surface area contributed by atoms with Gasteiger partial charge in [0.05, 0.1) is 24.4 Å². The van der Waals surface area contributed by atoms with Crippen molar-refractivity contribution in [3.8, 4) is 5.75 Å². The summed E-state index contributed by atoms with van der Waals surface area (Å²) in [7, 11) is 0. The maximum Gasteiger partial charge on any atom is 0.416 e. The molecule has 0 unspecified atom stereocenters. The van der Waals surface area contributed by atoms with Gasteiger partial charge in [-0.1, -0.05) is 0 Å². The molecule has 1 aliphatic carbocycles. The molecule has 0 bridgehead atoms. The van der Waals surface area contributed by atoms with Gasteiger partial charge in [-0.2, -0.15) is 31.4 Å². The molecule has 0 radical (unpaired) electrons. The number of hydrogen-bond donors (Lipinski definition) is 2. The Morgan fingerprint density at radius 1 is 1.10 bits per heavy atom. The van der Waals surface area contributed by atoms with Crippen LogP contribution >= 0.6 is 0 Å². The number of unbranched alkanes of at least 4 members (excludes halogenated alkanes) is 2. The van der Waals surface area contributed by atoms with Crippen LogP contribution in [0.1, 0.15) is 67.9 Å². The standard InChI is InChI=1S/C25H24F7N7O2/c26-19-10-16(41-9-3-1-2-8-24(27,28)29)6-7-18(19)23(25(30,31)32)11-17(14-12-33-39(13-14)15-4-5-15)20(22(40)34-23)21-35-37-38-36-21/h6-7,10,12-13,15H,1-5,8-9,11H2,(H,34,40)(H,35,36,37,38)/t23-/m0/s1. The van der Waals surface area contributed by atoms with Gasteiger partial charge < -0.3 is 10.1 Å². The van der Waals surface area contributed by atoms with Crippen LogP contribution in [0.15, 0.2) is 30.6 Å². The molecule has 220 valence electrons. The van der Waals surface area contributed by atoms with Gasteiger partial charge in [0.2, 0.25) is 0 Å². The SMILES string of the molecule is O=C1N[C@@](c2ccc(OCCCCCC(F)(F)F)cc2F)(C(F)(F)F)CC(c2cnn(C3CC3)c2)=C1c1nnn[nH]1. The smallest absolute Gasteiger partial charge is 0.416 e. The van der Waals surface area contributed by atoms with E-state index < -0.39 is 48.0 Å². The fraction of sp³-hybridized carbons (Fsp3) is 0.480. The molecule has 1 fully saturated rings. The minimum absolute atomic E-state index is 0.0513. The Balaban J connectivity index is 1.44. The number of benzene rings is 1. The summed E-state index contributed by atoms with van der Waals surface area (Å²) in [4.78, 5) is 13.3. The van der Waals surface area contributed by atoms with E-state index in [1.54, 1.807) is 10.9 Å². The van der Waals surface area contributed by atoms with Crippen LogP contribution in [0.4, 0.5) is 30.7 Å². The van der Waals surface area contributed by atoms with Crippen LogP contribution in [-0.4, -0.2) is 55.3 Å². The third kappa shape index (κ3) is 6.05. The number of alkyl halides is 6. The largest absolute Gasteiger partial charge is 0.493 e. The average Bonchev–Trinajstić information content (AvgIpc) is 3.37. The van der Waals surface area contributed by atoms with Crippen molar-refractivity contribution in [2.24, 2.45) is 0 Å². The van der Waals surface area contributed by atoms with E-state index in [-0.39, 0.29) is 60.2 Å². The van der Waals surface area contributed by atoms with Crippen molar-refractivity contribution in [1.82, 2.24) is 35.7 Å². The number of carbonyl (C=O) groups is 1. The van der Waals surface area contributed by atoms with Crippen LogP contribution in [0.5, 0.6) is 5.75 Å². The molecule has 3 heterocycles. The molecule has 2 N–H and O–H groups in total. The number of halogens is 7. The second kappa shape index (κ2) is 10.8. The van der Waals surface area contributed by atoms with Gasteiger partial charge in [0.15, 0.2) is 11.4 Å². The zero-order valence-corrected chi connectivity index (χ0v) is 21.3. The summed E-state index contributed by atoms with van der Waals surface area (Å²) in [6, 6.07) is 2.88. The number of nitrogens with zero attached hydrogens (tertiary/aromatic N) is 5. The first kappa shape index (κ1) is 28.5. The summed E-state index contributed by atoms with van der Waals surface area (Å²) in [5.74, 6) is -2.71. The first-order chi connectivity index (χ1) is 19.4. The van der Waals surface area contributed by atoms with Crippen LogP contribution < -0.4 is 10.1 Å². The molecule has 3 aromatic rings. The average molecular weight is 587 g/mol. The topological polar surface area (TPSA) is 111 Å². The van der Waals surface area contributed by atoms with E-state index in [0.717, 1.165) is 31.0 Å². The highest BCUT2D eigenvalue weighted by molar-refractivity contribution is 6.27. The first-order valence-corrected chi connectivity index (χ1v) is 12.8. The Labute approximate surface area is 228 Å². The van der Waals surface area contributed by atoms with Crippen LogP contribution in [0.25, 0.3) is 11.1 Å². The molecule has 1 atom stereocenters. The molecular weight excluding hydrogens is 563 g/mol. The lowest BCUT2D eigenvalue weighted by Crippen LogP contribution is -2.59. The summed E-state index contributed by atoms with van der Waals surface area (Å²) < 4.78 is 104. The zero-order chi connectivity index (χ0) is 29.4. The van der Waals surface area contributed by atoms with E-state index >= 15 is 4.39 Å². The highest BCUT2D eigenvalue weighted by Crippen LogP contribution is 2.50. The van der Waals surface area contributed by atoms with Gasteiger partial charge in [0, 0.05) is 36.2 Å². The lowest BCUT2D eigenvalue weighted by molar-refractivity contribution is -0.202. The van der Waals surface area contributed by atoms with Crippen molar-refractivity contribution in [3.05, 3.63) is 53.4 Å². The summed E-state index contributed by atoms with van der Waals surface area (Å²) in [5.41, 5.74) is -4.06. The van der Waals surface area contributed by atoms with E-state index in [9.17, 15) is 31.1 Å². The van der Waals surface area contributed by atoms with Gasteiger partial charge in [0.1, 0.15) is 11.6 Å². The van der Waals surface area contributed by atoms with E-state index in [1.807, 2.05) is 5.32 Å². The van der Waals surface area contributed by atoms with Gasteiger partial charge in [-0.15, -0.1) is 5.10 Å². The van der Waals surface area contributed by atoms with Gasteiger partial charge in [-0.25, -0.2) is 9.49 Å². The normalized spacial score (nSPS) is 19.9. The maximum atomic E-state index is 15.4. The molecule has 0 saturated heterocycles. The number of aromatic nitrogens is 6. The minimum Gasteiger partial charge on any atom is -0.493 e. The molecule has 41 heavy (non-hydrogen) atoms. The fourth-order valence-corrected chi connectivity index (χ4v) is 4.80. The maximum absolute atomic E-state index is 15.4. The van der Waals surface area contributed by atoms with Crippen molar-refractivity contribution in [2.45, 2.75) is 68.9 Å². The Bertz CT molecular complexity index is 1430. The monoisotopic (exact) mass is 587 g/mol. The number of aromatic amines is 1. The Hall–Kier alpha value is -3.98. The number of carbonyl (C=O) groups excluding carboxylic acids is 1. The molecule has 1 aliphatic heterocycles. The van der Waals surface area contributed by atoms with Crippen LogP contribution in [0.2, 0.25) is 0 Å². The number of hydrogen-bond acceptors (Lipinski definition) is 6. The van der Waals surface area contributed by atoms with Gasteiger partial charge in [0.25, 0.3) is 5.91 Å². The minimum atomic E-state index is -5.15. The number of rotatable bonds is 10. The van der Waals surface area contributed by atoms with Crippen molar-refractivity contribution in [2.75, 3.05) is 6.61 Å². The van der Waals surface area contributed by atoms with Gasteiger partial charge in [-0.3, -0.25) is 9.48 Å². The summed E-state index contributed by atoms with van der Waals surface area (Å²) in [6.45, 7) is -0.0513. The van der Waals surface area contributed by atoms with Gasteiger partial charge in [-0.05, 0) is 60.2 Å². The molecular formula is C25H24F7N7O2. The van der Waals surface area contributed by atoms with Crippen LogP contribution in [0, 0.1) is 5.82 Å². The Morgan fingerprint density at radius 3 is 2.51 bits per heavy atom. The molecule has 16 heteroatoms. The van der Waals surface area contributed by atoms with Crippen LogP contribution in [-0.2, 0) is 10.3 Å². The van der Waals surface area contributed by atoms with E-state index in [1.165, 1.54) is 6.20 Å². The van der Waals surface area contributed by atoms with Gasteiger partial charge >= 0.3 is 12.4 Å². The van der Waals surface area contributed by atoms with E-state index in [4.69, 9.17) is 4.74 Å². The Kier molecular flexibility index (Phi) is 7.50. The predicted octanol–water partition coefficient (Wildman–Crippen LogP) is 5.26. The second-order valence-electron chi connectivity index (χ2n) is 9.99. The van der Waals surface area contributed by atoms with Crippen molar-refractivity contribution >= 4 is 17.1 Å². The second-order valence-corrected chi connectivity index (χ2v) is 9.99. The molecule has 1 amide bonds. The molecule has 9 nitrogen and oxygen atoms in total. The van der Waals surface area contributed by atoms with E-state index in [2.05, 4.69) is 25.7 Å². The highest BCUT2D eigenvalue weighted by atomic mass is 19.4. The molecule has 1 saturated carbocycles. The number of nitrogens with one attached hydrogen (secondary N) is 2. The highest BCUT2D eigenvalue weighted by Gasteiger charge is 2.61. The fourth-order valence-electron chi connectivity index (χ4n) is 4.80. The summed E-state index contributed by atoms with van der Waals surface area (Å²) >= 11 is 0. The number of H-pyrrole nitrogens is 1. The molecule has 2 aliphatic rings. The number of tetrazole rings is 1. The number of ether oxygens (including phenoxy) is 1. The lowest BCUT2D eigenvalue weighted by atomic mass is 9.76. The summed E-state index contributed by atoms with van der Waals surface area (Å²) in [5, 5.41) is 19.1. The van der Waals surface area contributed by atoms with E-state index in [0.29, 0.717) is 0 Å². The molecule has 1 aromatic carbocycles. The first-order valence-electron chi connectivity index (χ1n) is 12.8. The van der Waals surface area contributed by atoms with Crippen LogP contribution in [0.3, 0.4) is 0 Å².